The molecule has 0 unspecified atom stereocenters. The lowest BCUT2D eigenvalue weighted by atomic mass is 10.1. The maximum absolute atomic E-state index is 13.4. The summed E-state index contributed by atoms with van der Waals surface area (Å²) in [6.45, 7) is 6.67. The first kappa shape index (κ1) is 20.8. The van der Waals surface area contributed by atoms with Gasteiger partial charge < -0.3 is 22.8 Å². The Bertz CT molecular complexity index is 528. The smallest absolute Gasteiger partial charge is 0.349 e. The fourth-order valence-electron chi connectivity index (χ4n) is 3.35. The highest BCUT2D eigenvalue weighted by molar-refractivity contribution is 7.62. The maximum Gasteiger partial charge on any atom is 0.349 e. The van der Waals surface area contributed by atoms with Crippen molar-refractivity contribution in [1.82, 2.24) is 0 Å². The second kappa shape index (κ2) is 6.95. The summed E-state index contributed by atoms with van der Waals surface area (Å²) in [5, 5.41) is -1.75. The van der Waals surface area contributed by atoms with Gasteiger partial charge in [0.05, 0.1) is 26.0 Å². The quantitative estimate of drug-likeness (QED) is 0.450. The van der Waals surface area contributed by atoms with Crippen molar-refractivity contribution in [3.05, 3.63) is 0 Å². The summed E-state index contributed by atoms with van der Waals surface area (Å²) in [6, 6.07) is 0. The molecule has 0 aliphatic heterocycles. The third kappa shape index (κ3) is 2.74. The van der Waals surface area contributed by atoms with Crippen molar-refractivity contribution in [2.75, 3.05) is 34.5 Å². The molecule has 23 heavy (non-hydrogen) atoms. The van der Waals surface area contributed by atoms with E-state index in [0.717, 1.165) is 0 Å². The molecule has 2 atom stereocenters. The average Bonchev–Trinajstić information content (AvgIpc) is 3.05. The average molecular weight is 372 g/mol. The van der Waals surface area contributed by atoms with Gasteiger partial charge in [0.2, 0.25) is 0 Å². The van der Waals surface area contributed by atoms with Crippen LogP contribution < -0.4 is 0 Å². The summed E-state index contributed by atoms with van der Waals surface area (Å²) in [5.41, 5.74) is -2.03. The second-order valence-electron chi connectivity index (χ2n) is 5.62. The molecule has 136 valence electrons. The van der Waals surface area contributed by atoms with Crippen molar-refractivity contribution in [3.8, 4) is 0 Å². The van der Waals surface area contributed by atoms with Gasteiger partial charge in [-0.2, -0.15) is 0 Å². The number of carbonyl (C=O) groups excluding carboxylic acids is 1. The predicted molar refractivity (Wildman–Crippen MR) is 84.8 cm³/mol. The molecule has 0 spiro atoms. The second-order valence-corrected chi connectivity index (χ2v) is 10.2. The van der Waals surface area contributed by atoms with Gasteiger partial charge in [-0.1, -0.05) is 13.8 Å². The minimum Gasteiger partial charge on any atom is -0.468 e. The van der Waals surface area contributed by atoms with Crippen LogP contribution in [0.25, 0.3) is 0 Å². The van der Waals surface area contributed by atoms with E-state index in [4.69, 9.17) is 22.8 Å². The molecule has 0 aromatic carbocycles. The van der Waals surface area contributed by atoms with Crippen LogP contribution >= 0.6 is 15.2 Å². The molecule has 0 bridgehead atoms. The summed E-state index contributed by atoms with van der Waals surface area (Å²) in [6.07, 6.45) is 0. The van der Waals surface area contributed by atoms with E-state index in [1.54, 1.807) is 27.7 Å². The van der Waals surface area contributed by atoms with E-state index in [1.807, 2.05) is 0 Å². The monoisotopic (exact) mass is 372 g/mol. The van der Waals surface area contributed by atoms with Crippen molar-refractivity contribution in [3.63, 3.8) is 0 Å². The molecule has 1 aliphatic rings. The van der Waals surface area contributed by atoms with Gasteiger partial charge in [-0.05, 0) is 13.8 Å². The zero-order valence-corrected chi connectivity index (χ0v) is 16.4. The zero-order valence-electron chi connectivity index (χ0n) is 14.7. The summed E-state index contributed by atoms with van der Waals surface area (Å²) >= 11 is 0. The summed E-state index contributed by atoms with van der Waals surface area (Å²) in [4.78, 5) is 12.6. The number of carbonyl (C=O) groups is 1. The lowest BCUT2D eigenvalue weighted by Crippen LogP contribution is -2.33. The zero-order chi connectivity index (χ0) is 18.1. The van der Waals surface area contributed by atoms with Crippen LogP contribution in [0, 0.1) is 5.41 Å². The number of ether oxygens (including phenoxy) is 1. The van der Waals surface area contributed by atoms with E-state index < -0.39 is 37.4 Å². The summed E-state index contributed by atoms with van der Waals surface area (Å²) in [5.74, 6) is -0.813. The first-order chi connectivity index (χ1) is 10.6. The molecular formula is C13H26O8P2. The van der Waals surface area contributed by atoms with E-state index in [-0.39, 0.29) is 13.2 Å². The van der Waals surface area contributed by atoms with Crippen molar-refractivity contribution in [2.24, 2.45) is 5.41 Å². The van der Waals surface area contributed by atoms with Gasteiger partial charge in [0.15, 0.2) is 5.16 Å². The predicted octanol–water partition coefficient (Wildman–Crippen LogP) is 3.06. The largest absolute Gasteiger partial charge is 0.468 e. The SMILES string of the molecule is CCOP(=O)(OCC)[C@@]1(C(=O)OC)[C@@H](P(=O)(OC)OC)C1(C)C. The molecule has 1 aliphatic carbocycles. The summed E-state index contributed by atoms with van der Waals surface area (Å²) < 4.78 is 52.0. The summed E-state index contributed by atoms with van der Waals surface area (Å²) in [7, 11) is -4.12. The van der Waals surface area contributed by atoms with Crippen LogP contribution in [0.1, 0.15) is 27.7 Å². The molecule has 0 heterocycles. The Morgan fingerprint density at radius 2 is 1.43 bits per heavy atom. The van der Waals surface area contributed by atoms with Crippen LogP contribution in [-0.4, -0.2) is 51.3 Å². The van der Waals surface area contributed by atoms with E-state index in [0.29, 0.717) is 0 Å². The first-order valence-electron chi connectivity index (χ1n) is 7.28. The molecule has 0 aromatic rings. The number of hydrogen-bond acceptors (Lipinski definition) is 8. The maximum atomic E-state index is 13.4. The molecule has 8 nitrogen and oxygen atoms in total. The van der Waals surface area contributed by atoms with E-state index >= 15 is 0 Å². The minimum absolute atomic E-state index is 0.0586. The normalized spacial score (nSPS) is 26.8. The van der Waals surface area contributed by atoms with E-state index in [2.05, 4.69) is 0 Å². The number of hydrogen-bond donors (Lipinski definition) is 0. The lowest BCUT2D eigenvalue weighted by Gasteiger charge is -2.27. The molecule has 0 amide bonds. The highest BCUT2D eigenvalue weighted by Gasteiger charge is 2.91. The fraction of sp³-hybridized carbons (Fsp3) is 0.923. The van der Waals surface area contributed by atoms with Gasteiger partial charge in [0, 0.05) is 19.6 Å². The van der Waals surface area contributed by atoms with Gasteiger partial charge in [-0.3, -0.25) is 13.9 Å². The van der Waals surface area contributed by atoms with Gasteiger partial charge in [-0.25, -0.2) is 0 Å². The van der Waals surface area contributed by atoms with Gasteiger partial charge in [0.25, 0.3) is 0 Å². The molecule has 1 saturated carbocycles. The number of rotatable bonds is 9. The Balaban J connectivity index is 3.61. The van der Waals surface area contributed by atoms with Crippen LogP contribution in [0.15, 0.2) is 0 Å². The standard InChI is InChI=1S/C13H26O8P2/c1-8-20-23(16,21-9-2)13(11(14)17-5)10(12(13,3)4)22(15,18-6)19-7/h10H,8-9H2,1-7H3/t10-,13+/m0/s1. The number of methoxy groups -OCH3 is 1. The number of esters is 1. The topological polar surface area (TPSA) is 97.4 Å². The van der Waals surface area contributed by atoms with Crippen LogP contribution in [-0.2, 0) is 36.8 Å². The highest BCUT2D eigenvalue weighted by Crippen LogP contribution is 2.88. The van der Waals surface area contributed by atoms with E-state index in [1.165, 1.54) is 21.3 Å². The molecule has 1 rings (SSSR count). The minimum atomic E-state index is -3.99. The van der Waals surface area contributed by atoms with Crippen molar-refractivity contribution in [2.45, 2.75) is 38.5 Å². The molecule has 0 N–H and O–H groups in total. The van der Waals surface area contributed by atoms with Crippen LogP contribution in [0.2, 0.25) is 0 Å². The Labute approximate surface area is 137 Å². The van der Waals surface area contributed by atoms with Crippen molar-refractivity contribution < 1.29 is 36.8 Å². The lowest BCUT2D eigenvalue weighted by molar-refractivity contribution is -0.142. The molecule has 0 radical (unpaired) electrons. The van der Waals surface area contributed by atoms with Gasteiger partial charge in [0.1, 0.15) is 0 Å². The Kier molecular flexibility index (Phi) is 6.29. The van der Waals surface area contributed by atoms with Crippen LogP contribution in [0.3, 0.4) is 0 Å². The van der Waals surface area contributed by atoms with Crippen LogP contribution in [0.5, 0.6) is 0 Å². The van der Waals surface area contributed by atoms with E-state index in [9.17, 15) is 13.9 Å². The Hall–Kier alpha value is -0.230. The van der Waals surface area contributed by atoms with Crippen molar-refractivity contribution in [1.29, 1.82) is 0 Å². The Morgan fingerprint density at radius 1 is 1.00 bits per heavy atom. The molecule has 1 fully saturated rings. The molecule has 0 saturated heterocycles. The van der Waals surface area contributed by atoms with Crippen LogP contribution in [0.4, 0.5) is 0 Å². The first-order valence-corrected chi connectivity index (χ1v) is 10.4. The van der Waals surface area contributed by atoms with Crippen molar-refractivity contribution >= 4 is 21.2 Å². The van der Waals surface area contributed by atoms with Gasteiger partial charge in [-0.15, -0.1) is 0 Å². The Morgan fingerprint density at radius 3 is 1.74 bits per heavy atom. The fourth-order valence-corrected chi connectivity index (χ4v) is 9.55. The molecular weight excluding hydrogens is 346 g/mol. The highest BCUT2D eigenvalue weighted by atomic mass is 31.2. The molecule has 0 aromatic heterocycles. The third-order valence-corrected chi connectivity index (χ3v) is 10.3. The van der Waals surface area contributed by atoms with Gasteiger partial charge >= 0.3 is 21.2 Å². The third-order valence-electron chi connectivity index (χ3n) is 4.33. The molecule has 10 heteroatoms.